The van der Waals surface area contributed by atoms with Gasteiger partial charge in [-0.05, 0) is 25.3 Å². The van der Waals surface area contributed by atoms with E-state index in [1.807, 2.05) is 13.8 Å². The van der Waals surface area contributed by atoms with Crippen LogP contribution in [0.4, 0.5) is 5.82 Å². The maximum Gasteiger partial charge on any atom is 0.228 e. The third kappa shape index (κ3) is 4.32. The molecule has 0 aromatic carbocycles. The number of hydrogen-bond donors (Lipinski definition) is 3. The quantitative estimate of drug-likeness (QED) is 0.668. The van der Waals surface area contributed by atoms with Gasteiger partial charge in [-0.2, -0.15) is 5.10 Å². The van der Waals surface area contributed by atoms with E-state index in [2.05, 4.69) is 20.7 Å². The average Bonchev–Trinajstić information content (AvgIpc) is 3.20. The molecule has 8 nitrogen and oxygen atoms in total. The largest absolute Gasteiger partial charge is 0.386 e. The first-order valence-corrected chi connectivity index (χ1v) is 11.0. The lowest BCUT2D eigenvalue weighted by molar-refractivity contribution is -0.123. The summed E-state index contributed by atoms with van der Waals surface area (Å²) in [5.74, 6) is 0.0265. The van der Waals surface area contributed by atoms with Crippen molar-refractivity contribution in [2.45, 2.75) is 65.1 Å². The Kier molecular flexibility index (Phi) is 5.79. The summed E-state index contributed by atoms with van der Waals surface area (Å²) in [6, 6.07) is 1.75. The highest BCUT2D eigenvalue weighted by Gasteiger charge is 2.41. The summed E-state index contributed by atoms with van der Waals surface area (Å²) >= 11 is 6.43. The van der Waals surface area contributed by atoms with Crippen LogP contribution in [0.3, 0.4) is 0 Å². The Morgan fingerprint density at radius 2 is 2.03 bits per heavy atom. The Morgan fingerprint density at radius 3 is 2.77 bits per heavy atom. The summed E-state index contributed by atoms with van der Waals surface area (Å²) in [7, 11) is 0. The molecule has 31 heavy (non-hydrogen) atoms. The standard InChI is InChI=1S/C22H28ClN5O3/c1-12(29)26-14-6-4-5-13(7-14)21(31)27-18-8-15(17(23)10-24-18)16-9-25-28-11-22(2,3)20(30)19(16)28/h8-10,13-14,20,30H,4-7,11H2,1-3H3,(H,26,29)(H,24,27,31)/t13-,14+,20?/m0/s1. The van der Waals surface area contributed by atoms with Crippen LogP contribution in [0.1, 0.15) is 58.3 Å². The van der Waals surface area contributed by atoms with E-state index in [9.17, 15) is 14.7 Å². The van der Waals surface area contributed by atoms with Crippen LogP contribution in [0.15, 0.2) is 18.5 Å². The zero-order valence-electron chi connectivity index (χ0n) is 18.0. The Hall–Kier alpha value is -2.45. The van der Waals surface area contributed by atoms with E-state index in [0.717, 1.165) is 30.5 Å². The van der Waals surface area contributed by atoms with E-state index >= 15 is 0 Å². The number of amides is 2. The molecule has 0 bridgehead atoms. The molecule has 3 atom stereocenters. The highest BCUT2D eigenvalue weighted by atomic mass is 35.5. The van der Waals surface area contributed by atoms with Gasteiger partial charge in [0.1, 0.15) is 11.9 Å². The number of pyridine rings is 1. The number of hydrogen-bond acceptors (Lipinski definition) is 5. The summed E-state index contributed by atoms with van der Waals surface area (Å²) in [4.78, 5) is 28.5. The molecule has 1 fully saturated rings. The molecular formula is C22H28ClN5O3. The van der Waals surface area contributed by atoms with Gasteiger partial charge >= 0.3 is 0 Å². The molecule has 0 radical (unpaired) electrons. The zero-order valence-corrected chi connectivity index (χ0v) is 18.7. The molecule has 2 aromatic heterocycles. The van der Waals surface area contributed by atoms with Crippen molar-refractivity contribution in [3.63, 3.8) is 0 Å². The number of aromatic nitrogens is 3. The summed E-state index contributed by atoms with van der Waals surface area (Å²) < 4.78 is 1.80. The molecule has 2 amide bonds. The third-order valence-electron chi connectivity index (χ3n) is 6.29. The minimum atomic E-state index is -0.666. The van der Waals surface area contributed by atoms with Crippen molar-refractivity contribution in [2.75, 3.05) is 5.32 Å². The fourth-order valence-electron chi connectivity index (χ4n) is 4.65. The van der Waals surface area contributed by atoms with E-state index in [-0.39, 0.29) is 29.2 Å². The highest BCUT2D eigenvalue weighted by Crippen LogP contribution is 2.46. The monoisotopic (exact) mass is 445 g/mol. The molecule has 1 saturated carbocycles. The maximum absolute atomic E-state index is 12.9. The lowest BCUT2D eigenvalue weighted by Gasteiger charge is -2.28. The molecule has 2 aromatic rings. The second-order valence-electron chi connectivity index (χ2n) is 9.29. The maximum atomic E-state index is 12.9. The van der Waals surface area contributed by atoms with Crippen LogP contribution in [0.25, 0.3) is 11.1 Å². The predicted molar refractivity (Wildman–Crippen MR) is 117 cm³/mol. The summed E-state index contributed by atoms with van der Waals surface area (Å²) in [5.41, 5.74) is 1.82. The molecule has 9 heteroatoms. The number of halogens is 1. The van der Waals surface area contributed by atoms with Gasteiger partial charge in [-0.25, -0.2) is 4.98 Å². The predicted octanol–water partition coefficient (Wildman–Crippen LogP) is 3.31. The molecule has 1 aliphatic carbocycles. The molecular weight excluding hydrogens is 418 g/mol. The first-order chi connectivity index (χ1) is 14.7. The van der Waals surface area contributed by atoms with Crippen molar-refractivity contribution in [1.82, 2.24) is 20.1 Å². The average molecular weight is 446 g/mol. The zero-order chi connectivity index (χ0) is 22.3. The van der Waals surface area contributed by atoms with E-state index in [0.29, 0.717) is 29.4 Å². The molecule has 0 spiro atoms. The number of aliphatic hydroxyl groups is 1. The Labute approximate surface area is 186 Å². The molecule has 1 aliphatic heterocycles. The SMILES string of the molecule is CC(=O)N[C@@H]1CCC[C@H](C(=O)Nc2cc(-c3cnn4c3C(O)C(C)(C)C4)c(Cl)cn2)C1. The number of nitrogens with one attached hydrogen (secondary N) is 2. The third-order valence-corrected chi connectivity index (χ3v) is 6.59. The number of carbonyl (C=O) groups is 2. The van der Waals surface area contributed by atoms with Crippen molar-refractivity contribution >= 4 is 29.2 Å². The summed E-state index contributed by atoms with van der Waals surface area (Å²) in [6.45, 7) is 6.10. The van der Waals surface area contributed by atoms with E-state index in [4.69, 9.17) is 11.6 Å². The van der Waals surface area contributed by atoms with Crippen molar-refractivity contribution < 1.29 is 14.7 Å². The van der Waals surface area contributed by atoms with Crippen molar-refractivity contribution in [2.24, 2.45) is 11.3 Å². The molecule has 3 heterocycles. The van der Waals surface area contributed by atoms with Gasteiger partial charge in [0.25, 0.3) is 0 Å². The number of aliphatic hydroxyl groups excluding tert-OH is 1. The Bertz CT molecular complexity index is 1020. The summed E-state index contributed by atoms with van der Waals surface area (Å²) in [6.07, 6.45) is 5.70. The van der Waals surface area contributed by atoms with Crippen molar-refractivity contribution in [3.8, 4) is 11.1 Å². The fourth-order valence-corrected chi connectivity index (χ4v) is 4.85. The van der Waals surface area contributed by atoms with E-state index in [1.54, 1.807) is 16.9 Å². The van der Waals surface area contributed by atoms with Crippen LogP contribution in [0.5, 0.6) is 0 Å². The normalized spacial score (nSPS) is 24.5. The molecule has 2 aliphatic rings. The highest BCUT2D eigenvalue weighted by molar-refractivity contribution is 6.33. The van der Waals surface area contributed by atoms with Gasteiger partial charge in [0.15, 0.2) is 0 Å². The minimum absolute atomic E-state index is 0.0237. The van der Waals surface area contributed by atoms with Gasteiger partial charge in [0.05, 0.1) is 16.9 Å². The van der Waals surface area contributed by atoms with Crippen LogP contribution >= 0.6 is 11.6 Å². The molecule has 0 saturated heterocycles. The lowest BCUT2D eigenvalue weighted by Crippen LogP contribution is -2.40. The van der Waals surface area contributed by atoms with Crippen molar-refractivity contribution in [1.29, 1.82) is 0 Å². The number of carbonyl (C=O) groups excluding carboxylic acids is 2. The van der Waals surface area contributed by atoms with E-state index < -0.39 is 6.10 Å². The van der Waals surface area contributed by atoms with Crippen LogP contribution in [0.2, 0.25) is 5.02 Å². The number of anilines is 1. The number of nitrogens with zero attached hydrogens (tertiary/aromatic N) is 3. The van der Waals surface area contributed by atoms with Crippen LogP contribution in [0, 0.1) is 11.3 Å². The van der Waals surface area contributed by atoms with Crippen LogP contribution in [-0.4, -0.2) is 37.7 Å². The molecule has 166 valence electrons. The smallest absolute Gasteiger partial charge is 0.228 e. The summed E-state index contributed by atoms with van der Waals surface area (Å²) in [5, 5.41) is 21.4. The first kappa shape index (κ1) is 21.8. The second-order valence-corrected chi connectivity index (χ2v) is 9.70. The van der Waals surface area contributed by atoms with Crippen LogP contribution < -0.4 is 10.6 Å². The number of fused-ring (bicyclic) bond motifs is 1. The van der Waals surface area contributed by atoms with Gasteiger partial charge in [0, 0.05) is 48.2 Å². The van der Waals surface area contributed by atoms with Crippen LogP contribution in [-0.2, 0) is 16.1 Å². The number of rotatable bonds is 4. The Balaban J connectivity index is 1.54. The van der Waals surface area contributed by atoms with Gasteiger partial charge in [-0.1, -0.05) is 31.9 Å². The first-order valence-electron chi connectivity index (χ1n) is 10.6. The van der Waals surface area contributed by atoms with Gasteiger partial charge < -0.3 is 15.7 Å². The topological polar surface area (TPSA) is 109 Å². The Morgan fingerprint density at radius 1 is 1.26 bits per heavy atom. The minimum Gasteiger partial charge on any atom is -0.386 e. The molecule has 4 rings (SSSR count). The molecule has 3 N–H and O–H groups in total. The second kappa shape index (κ2) is 8.24. The van der Waals surface area contributed by atoms with E-state index in [1.165, 1.54) is 13.1 Å². The molecule has 1 unspecified atom stereocenters. The van der Waals surface area contributed by atoms with Gasteiger partial charge in [-0.3, -0.25) is 14.3 Å². The van der Waals surface area contributed by atoms with Crippen molar-refractivity contribution in [3.05, 3.63) is 29.2 Å². The fraction of sp³-hybridized carbons (Fsp3) is 0.545. The van der Waals surface area contributed by atoms with Gasteiger partial charge in [-0.15, -0.1) is 0 Å². The van der Waals surface area contributed by atoms with Gasteiger partial charge in [0.2, 0.25) is 11.8 Å². The lowest BCUT2D eigenvalue weighted by atomic mass is 9.85.